The molecule has 1 heterocycles. The summed E-state index contributed by atoms with van der Waals surface area (Å²) in [5.74, 6) is 0.360. The molecule has 1 aromatic heterocycles. The van der Waals surface area contributed by atoms with Crippen molar-refractivity contribution in [3.63, 3.8) is 0 Å². The van der Waals surface area contributed by atoms with Gasteiger partial charge in [0.1, 0.15) is 0 Å². The Bertz CT molecular complexity index is 625. The first-order valence-electron chi connectivity index (χ1n) is 8.16. The normalized spacial score (nSPS) is 12.3. The molecule has 2 N–H and O–H groups in total. The summed E-state index contributed by atoms with van der Waals surface area (Å²) in [6.07, 6.45) is 6.23. The van der Waals surface area contributed by atoms with Crippen LogP contribution in [-0.4, -0.2) is 10.6 Å². The van der Waals surface area contributed by atoms with Gasteiger partial charge in [-0.25, -0.2) is 4.79 Å². The average molecular weight is 298 g/mol. The summed E-state index contributed by atoms with van der Waals surface area (Å²) >= 11 is 0. The number of benzene rings is 1. The van der Waals surface area contributed by atoms with Gasteiger partial charge in [0, 0.05) is 23.4 Å². The van der Waals surface area contributed by atoms with Crippen molar-refractivity contribution < 1.29 is 4.79 Å². The average Bonchev–Trinajstić information content (AvgIpc) is 2.94. The molecule has 0 bridgehead atoms. The molecule has 2 aromatic rings. The quantitative estimate of drug-likeness (QED) is 0.794. The van der Waals surface area contributed by atoms with Crippen molar-refractivity contribution in [1.29, 1.82) is 0 Å². The van der Waals surface area contributed by atoms with E-state index in [9.17, 15) is 4.79 Å². The molecule has 1 unspecified atom stereocenters. The molecule has 2 rings (SSSR count). The van der Waals surface area contributed by atoms with E-state index >= 15 is 0 Å². The molecular formula is C19H26N2O. The fourth-order valence-corrected chi connectivity index (χ4v) is 3.02. The Balaban J connectivity index is 2.50. The standard InChI is InChI=1S/C19H26N2O/c1-4-6-7-15(5-2)18-17(12-13-21(18)19(20)22)16-10-8-14(3)9-11-16/h8-13,15H,4-7H2,1-3H3,(H2,20,22). The van der Waals surface area contributed by atoms with Gasteiger partial charge in [-0.3, -0.25) is 4.57 Å². The van der Waals surface area contributed by atoms with Gasteiger partial charge in [-0.15, -0.1) is 0 Å². The molecule has 22 heavy (non-hydrogen) atoms. The zero-order valence-electron chi connectivity index (χ0n) is 13.8. The number of amides is 1. The van der Waals surface area contributed by atoms with E-state index in [1.54, 1.807) is 4.57 Å². The van der Waals surface area contributed by atoms with E-state index in [0.717, 1.165) is 42.5 Å². The summed E-state index contributed by atoms with van der Waals surface area (Å²) in [5, 5.41) is 0. The first-order chi connectivity index (χ1) is 10.6. The first-order valence-corrected chi connectivity index (χ1v) is 8.16. The molecule has 0 saturated carbocycles. The lowest BCUT2D eigenvalue weighted by atomic mass is 9.91. The number of hydrogen-bond donors (Lipinski definition) is 1. The van der Waals surface area contributed by atoms with Crippen LogP contribution in [0.3, 0.4) is 0 Å². The van der Waals surface area contributed by atoms with E-state index in [-0.39, 0.29) is 0 Å². The fraction of sp³-hybridized carbons (Fsp3) is 0.421. The Morgan fingerprint density at radius 2 is 1.86 bits per heavy atom. The van der Waals surface area contributed by atoms with Crippen LogP contribution in [0.4, 0.5) is 4.79 Å². The van der Waals surface area contributed by atoms with Crippen molar-refractivity contribution in [3.05, 3.63) is 47.8 Å². The molecule has 1 aromatic carbocycles. The van der Waals surface area contributed by atoms with Gasteiger partial charge in [0.25, 0.3) is 0 Å². The third kappa shape index (κ3) is 3.41. The Hall–Kier alpha value is -2.03. The SMILES string of the molecule is CCCCC(CC)c1c(-c2ccc(C)cc2)ccn1C(N)=O. The highest BCUT2D eigenvalue weighted by molar-refractivity contribution is 5.80. The molecular weight excluding hydrogens is 272 g/mol. The molecule has 1 amide bonds. The van der Waals surface area contributed by atoms with E-state index in [4.69, 9.17) is 5.73 Å². The summed E-state index contributed by atoms with van der Waals surface area (Å²) in [5.41, 5.74) is 10.1. The number of nitrogens with two attached hydrogens (primary N) is 1. The highest BCUT2D eigenvalue weighted by Gasteiger charge is 2.21. The number of primary amides is 1. The van der Waals surface area contributed by atoms with Gasteiger partial charge in [0.2, 0.25) is 0 Å². The predicted octanol–water partition coefficient (Wildman–Crippen LogP) is 5.07. The lowest BCUT2D eigenvalue weighted by Gasteiger charge is -2.19. The number of carbonyl (C=O) groups is 1. The summed E-state index contributed by atoms with van der Waals surface area (Å²) < 4.78 is 1.62. The topological polar surface area (TPSA) is 48.0 Å². The van der Waals surface area contributed by atoms with E-state index < -0.39 is 6.03 Å². The second kappa shape index (κ2) is 7.30. The van der Waals surface area contributed by atoms with Crippen LogP contribution in [0.2, 0.25) is 0 Å². The van der Waals surface area contributed by atoms with Gasteiger partial charge in [-0.05, 0) is 31.4 Å². The monoisotopic (exact) mass is 298 g/mol. The van der Waals surface area contributed by atoms with Crippen LogP contribution in [0, 0.1) is 6.92 Å². The number of aryl methyl sites for hydroxylation is 1. The highest BCUT2D eigenvalue weighted by atomic mass is 16.2. The second-order valence-electron chi connectivity index (χ2n) is 5.94. The van der Waals surface area contributed by atoms with E-state index in [2.05, 4.69) is 45.0 Å². The van der Waals surface area contributed by atoms with Crippen LogP contribution in [0.25, 0.3) is 11.1 Å². The molecule has 1 atom stereocenters. The van der Waals surface area contributed by atoms with Crippen molar-refractivity contribution in [2.45, 2.75) is 52.4 Å². The maximum Gasteiger partial charge on any atom is 0.323 e. The van der Waals surface area contributed by atoms with Crippen LogP contribution in [0.5, 0.6) is 0 Å². The number of rotatable bonds is 6. The van der Waals surface area contributed by atoms with Crippen LogP contribution in [0.1, 0.15) is 56.7 Å². The molecule has 0 radical (unpaired) electrons. The zero-order chi connectivity index (χ0) is 16.1. The van der Waals surface area contributed by atoms with Gasteiger partial charge in [-0.2, -0.15) is 0 Å². The maximum atomic E-state index is 11.8. The maximum absolute atomic E-state index is 11.8. The van der Waals surface area contributed by atoms with E-state index in [1.807, 2.05) is 12.3 Å². The Morgan fingerprint density at radius 1 is 1.18 bits per heavy atom. The summed E-state index contributed by atoms with van der Waals surface area (Å²) in [6, 6.07) is 10.1. The van der Waals surface area contributed by atoms with Gasteiger partial charge >= 0.3 is 6.03 Å². The second-order valence-corrected chi connectivity index (χ2v) is 5.94. The Morgan fingerprint density at radius 3 is 2.41 bits per heavy atom. The number of unbranched alkanes of at least 4 members (excludes halogenated alkanes) is 1. The van der Waals surface area contributed by atoms with Gasteiger partial charge < -0.3 is 5.73 Å². The van der Waals surface area contributed by atoms with Crippen molar-refractivity contribution >= 4 is 6.03 Å². The van der Waals surface area contributed by atoms with Crippen LogP contribution in [-0.2, 0) is 0 Å². The lowest BCUT2D eigenvalue weighted by molar-refractivity contribution is 0.249. The van der Waals surface area contributed by atoms with Crippen molar-refractivity contribution in [2.24, 2.45) is 5.73 Å². The number of nitrogens with zero attached hydrogens (tertiary/aromatic N) is 1. The van der Waals surface area contributed by atoms with E-state index in [0.29, 0.717) is 5.92 Å². The lowest BCUT2D eigenvalue weighted by Crippen LogP contribution is -2.22. The van der Waals surface area contributed by atoms with Crippen LogP contribution in [0.15, 0.2) is 36.5 Å². The highest BCUT2D eigenvalue weighted by Crippen LogP contribution is 2.35. The predicted molar refractivity (Wildman–Crippen MR) is 92.1 cm³/mol. The van der Waals surface area contributed by atoms with Gasteiger partial charge in [0.15, 0.2) is 0 Å². The summed E-state index contributed by atoms with van der Waals surface area (Å²) in [4.78, 5) is 11.8. The van der Waals surface area contributed by atoms with Gasteiger partial charge in [-0.1, -0.05) is 56.5 Å². The van der Waals surface area contributed by atoms with Crippen LogP contribution < -0.4 is 5.73 Å². The number of carbonyl (C=O) groups excluding carboxylic acids is 1. The fourth-order valence-electron chi connectivity index (χ4n) is 3.02. The van der Waals surface area contributed by atoms with Crippen molar-refractivity contribution in [1.82, 2.24) is 4.57 Å². The third-order valence-corrected chi connectivity index (χ3v) is 4.31. The third-order valence-electron chi connectivity index (χ3n) is 4.31. The molecule has 0 fully saturated rings. The molecule has 3 nitrogen and oxygen atoms in total. The molecule has 0 aliphatic rings. The molecule has 118 valence electrons. The number of aromatic nitrogens is 1. The summed E-state index contributed by atoms with van der Waals surface area (Å²) in [6.45, 7) is 6.45. The molecule has 0 aliphatic carbocycles. The molecule has 0 aliphatic heterocycles. The Labute approximate surface area is 133 Å². The molecule has 0 saturated heterocycles. The van der Waals surface area contributed by atoms with Crippen LogP contribution >= 0.6 is 0 Å². The minimum atomic E-state index is -0.400. The first kappa shape index (κ1) is 16.3. The van der Waals surface area contributed by atoms with Crippen molar-refractivity contribution in [2.75, 3.05) is 0 Å². The molecule has 0 spiro atoms. The van der Waals surface area contributed by atoms with Gasteiger partial charge in [0.05, 0.1) is 0 Å². The summed E-state index contributed by atoms with van der Waals surface area (Å²) in [7, 11) is 0. The zero-order valence-corrected chi connectivity index (χ0v) is 13.8. The van der Waals surface area contributed by atoms with Crippen molar-refractivity contribution in [3.8, 4) is 11.1 Å². The molecule has 3 heteroatoms. The smallest absolute Gasteiger partial charge is 0.323 e. The number of hydrogen-bond acceptors (Lipinski definition) is 1. The largest absolute Gasteiger partial charge is 0.351 e. The minimum absolute atomic E-state index is 0.360. The minimum Gasteiger partial charge on any atom is -0.351 e. The van der Waals surface area contributed by atoms with E-state index in [1.165, 1.54) is 5.56 Å². The Kier molecular flexibility index (Phi) is 5.42.